The molecule has 2 heterocycles. The molecule has 1 fully saturated rings. The first kappa shape index (κ1) is 18.2. The molecule has 5 nitrogen and oxygen atoms in total. The van der Waals surface area contributed by atoms with Gasteiger partial charge >= 0.3 is 5.97 Å². The third kappa shape index (κ3) is 4.35. The van der Waals surface area contributed by atoms with Crippen LogP contribution >= 0.6 is 23.2 Å². The van der Waals surface area contributed by atoms with E-state index < -0.39 is 0 Å². The summed E-state index contributed by atoms with van der Waals surface area (Å²) in [6.45, 7) is 4.63. The number of aromatic amines is 1. The molecule has 0 unspecified atom stereocenters. The number of nitrogens with zero attached hydrogens (tertiary/aromatic N) is 2. The Morgan fingerprint density at radius 3 is 3.04 bits per heavy atom. The number of hydrogen-bond acceptors (Lipinski definition) is 4. The number of carbonyl (C=O) groups excluding carboxylic acids is 1. The van der Waals surface area contributed by atoms with Crippen LogP contribution in [0.3, 0.4) is 0 Å². The lowest BCUT2D eigenvalue weighted by atomic mass is 9.97. The molecular weight excluding hydrogens is 361 g/mol. The zero-order valence-corrected chi connectivity index (χ0v) is 15.6. The first-order valence-electron chi connectivity index (χ1n) is 8.45. The third-order valence-electron chi connectivity index (χ3n) is 4.44. The molecule has 0 radical (unpaired) electrons. The molecule has 1 aromatic carbocycles. The molecular formula is C18H21Cl2N3O2. The van der Waals surface area contributed by atoms with E-state index in [1.165, 1.54) is 0 Å². The normalized spacial score (nSPS) is 18.3. The second-order valence-corrected chi connectivity index (χ2v) is 7.06. The molecule has 1 aromatic heterocycles. The highest BCUT2D eigenvalue weighted by Gasteiger charge is 2.27. The van der Waals surface area contributed by atoms with E-state index in [0.29, 0.717) is 29.7 Å². The van der Waals surface area contributed by atoms with Crippen LogP contribution in [0.15, 0.2) is 24.4 Å². The number of carbonyl (C=O) groups is 1. The molecule has 7 heteroatoms. The highest BCUT2D eigenvalue weighted by molar-refractivity contribution is 6.36. The summed E-state index contributed by atoms with van der Waals surface area (Å²) < 4.78 is 5.17. The van der Waals surface area contributed by atoms with Crippen LogP contribution in [0.2, 0.25) is 10.0 Å². The molecule has 1 aliphatic heterocycles. The third-order valence-corrected chi connectivity index (χ3v) is 4.99. The minimum absolute atomic E-state index is 0.0526. The highest BCUT2D eigenvalue weighted by atomic mass is 35.5. The Morgan fingerprint density at radius 1 is 1.44 bits per heavy atom. The molecule has 3 rings (SSSR count). The van der Waals surface area contributed by atoms with E-state index in [1.54, 1.807) is 6.07 Å². The van der Waals surface area contributed by atoms with Gasteiger partial charge in [0.05, 0.1) is 29.4 Å². The number of rotatable bonds is 5. The molecule has 0 spiro atoms. The van der Waals surface area contributed by atoms with Crippen LogP contribution < -0.4 is 0 Å². The molecule has 0 saturated carbocycles. The number of H-pyrrole nitrogens is 1. The lowest BCUT2D eigenvalue weighted by Gasteiger charge is -2.31. The number of piperidine rings is 1. The SMILES string of the molecule is CCOC(=O)[C@@H]1CCCN(Cc2cn[nH]c2-c2ccc(Cl)cc2Cl)C1. The van der Waals surface area contributed by atoms with Crippen LogP contribution in [0.5, 0.6) is 0 Å². The Kier molecular flexibility index (Phi) is 5.99. The van der Waals surface area contributed by atoms with Gasteiger partial charge in [-0.2, -0.15) is 5.10 Å². The average Bonchev–Trinajstić information content (AvgIpc) is 3.03. The van der Waals surface area contributed by atoms with Crippen LogP contribution in [0.4, 0.5) is 0 Å². The summed E-state index contributed by atoms with van der Waals surface area (Å²) in [6, 6.07) is 5.42. The number of hydrogen-bond donors (Lipinski definition) is 1. The lowest BCUT2D eigenvalue weighted by Crippen LogP contribution is -2.38. The molecule has 0 aliphatic carbocycles. The highest BCUT2D eigenvalue weighted by Crippen LogP contribution is 2.32. The van der Waals surface area contributed by atoms with Crippen molar-refractivity contribution in [1.82, 2.24) is 15.1 Å². The van der Waals surface area contributed by atoms with Crippen molar-refractivity contribution in [2.24, 2.45) is 5.92 Å². The molecule has 134 valence electrons. The van der Waals surface area contributed by atoms with Gasteiger partial charge in [0.2, 0.25) is 0 Å². The summed E-state index contributed by atoms with van der Waals surface area (Å²) >= 11 is 12.3. The molecule has 0 amide bonds. The maximum atomic E-state index is 12.0. The van der Waals surface area contributed by atoms with Crippen molar-refractivity contribution in [3.8, 4) is 11.3 Å². The van der Waals surface area contributed by atoms with Crippen LogP contribution in [-0.2, 0) is 16.1 Å². The Balaban J connectivity index is 1.74. The van der Waals surface area contributed by atoms with Crippen molar-refractivity contribution in [1.29, 1.82) is 0 Å². The van der Waals surface area contributed by atoms with Crippen molar-refractivity contribution < 1.29 is 9.53 Å². The largest absolute Gasteiger partial charge is 0.466 e. The zero-order chi connectivity index (χ0) is 17.8. The van der Waals surface area contributed by atoms with Crippen molar-refractivity contribution in [2.75, 3.05) is 19.7 Å². The summed E-state index contributed by atoms with van der Waals surface area (Å²) in [6.07, 6.45) is 3.68. The minimum Gasteiger partial charge on any atom is -0.466 e. The first-order chi connectivity index (χ1) is 12.1. The fourth-order valence-corrected chi connectivity index (χ4v) is 3.75. The number of esters is 1. The van der Waals surface area contributed by atoms with Gasteiger partial charge in [-0.25, -0.2) is 0 Å². The monoisotopic (exact) mass is 381 g/mol. The summed E-state index contributed by atoms with van der Waals surface area (Å²) in [7, 11) is 0. The number of likely N-dealkylation sites (tertiary alicyclic amines) is 1. The average molecular weight is 382 g/mol. The number of benzene rings is 1. The zero-order valence-electron chi connectivity index (χ0n) is 14.1. The first-order valence-corrected chi connectivity index (χ1v) is 9.20. The number of nitrogens with one attached hydrogen (secondary N) is 1. The van der Waals surface area contributed by atoms with Gasteiger partial charge in [0, 0.05) is 29.2 Å². The fourth-order valence-electron chi connectivity index (χ4n) is 3.25. The topological polar surface area (TPSA) is 58.2 Å². The Morgan fingerprint density at radius 2 is 2.28 bits per heavy atom. The van der Waals surface area contributed by atoms with Crippen LogP contribution in [0, 0.1) is 5.92 Å². The molecule has 2 aromatic rings. The van der Waals surface area contributed by atoms with Crippen LogP contribution in [0.1, 0.15) is 25.3 Å². The van der Waals surface area contributed by atoms with E-state index in [1.807, 2.05) is 25.3 Å². The predicted molar refractivity (Wildman–Crippen MR) is 98.7 cm³/mol. The van der Waals surface area contributed by atoms with Gasteiger partial charge in [0.25, 0.3) is 0 Å². The van der Waals surface area contributed by atoms with E-state index in [-0.39, 0.29) is 11.9 Å². The van der Waals surface area contributed by atoms with E-state index in [0.717, 1.165) is 36.2 Å². The van der Waals surface area contributed by atoms with Crippen LogP contribution in [-0.4, -0.2) is 40.8 Å². The molecule has 1 aliphatic rings. The standard InChI is InChI=1S/C18H21Cl2N3O2/c1-2-25-18(24)12-4-3-7-23(10-12)11-13-9-21-22-17(13)15-6-5-14(19)8-16(15)20/h5-6,8-9,12H,2-4,7,10-11H2,1H3,(H,21,22)/t12-/m1/s1. The second kappa shape index (κ2) is 8.21. The predicted octanol–water partition coefficient (Wildman–Crippen LogP) is 4.16. The van der Waals surface area contributed by atoms with Gasteiger partial charge in [0.15, 0.2) is 0 Å². The molecule has 1 atom stereocenters. The van der Waals surface area contributed by atoms with Gasteiger partial charge in [0.1, 0.15) is 0 Å². The van der Waals surface area contributed by atoms with E-state index >= 15 is 0 Å². The smallest absolute Gasteiger partial charge is 0.310 e. The molecule has 0 bridgehead atoms. The molecule has 1 N–H and O–H groups in total. The van der Waals surface area contributed by atoms with Crippen molar-refractivity contribution in [3.05, 3.63) is 40.0 Å². The Bertz CT molecular complexity index is 748. The quantitative estimate of drug-likeness (QED) is 0.789. The van der Waals surface area contributed by atoms with Gasteiger partial charge in [-0.05, 0) is 44.5 Å². The minimum atomic E-state index is -0.0969. The van der Waals surface area contributed by atoms with Gasteiger partial charge < -0.3 is 4.74 Å². The summed E-state index contributed by atoms with van der Waals surface area (Å²) in [5.74, 6) is -0.150. The van der Waals surface area contributed by atoms with E-state index in [4.69, 9.17) is 27.9 Å². The van der Waals surface area contributed by atoms with Gasteiger partial charge in [-0.15, -0.1) is 0 Å². The lowest BCUT2D eigenvalue weighted by molar-refractivity contribution is -0.150. The molecule has 25 heavy (non-hydrogen) atoms. The van der Waals surface area contributed by atoms with Crippen molar-refractivity contribution in [2.45, 2.75) is 26.3 Å². The maximum Gasteiger partial charge on any atom is 0.310 e. The fraction of sp³-hybridized carbons (Fsp3) is 0.444. The van der Waals surface area contributed by atoms with E-state index in [2.05, 4.69) is 15.1 Å². The molecule has 1 saturated heterocycles. The number of halogens is 2. The van der Waals surface area contributed by atoms with Crippen LogP contribution in [0.25, 0.3) is 11.3 Å². The van der Waals surface area contributed by atoms with Gasteiger partial charge in [-0.1, -0.05) is 23.2 Å². The van der Waals surface area contributed by atoms with Crippen molar-refractivity contribution >= 4 is 29.2 Å². The van der Waals surface area contributed by atoms with Crippen molar-refractivity contribution in [3.63, 3.8) is 0 Å². The Labute approximate surface area is 157 Å². The second-order valence-electron chi connectivity index (χ2n) is 6.22. The Hall–Kier alpha value is -1.56. The summed E-state index contributed by atoms with van der Waals surface area (Å²) in [5, 5.41) is 8.39. The maximum absolute atomic E-state index is 12.0. The summed E-state index contributed by atoms with van der Waals surface area (Å²) in [4.78, 5) is 14.3. The summed E-state index contributed by atoms with van der Waals surface area (Å²) in [5.41, 5.74) is 2.81. The number of aromatic nitrogens is 2. The van der Waals surface area contributed by atoms with Gasteiger partial charge in [-0.3, -0.25) is 14.8 Å². The number of ether oxygens (including phenoxy) is 1. The van der Waals surface area contributed by atoms with E-state index in [9.17, 15) is 4.79 Å².